The van der Waals surface area contributed by atoms with Crippen molar-refractivity contribution < 1.29 is 19.1 Å². The maximum absolute atomic E-state index is 13.2. The molecule has 0 atom stereocenters. The molecule has 5 heteroatoms. The Labute approximate surface area is 182 Å². The second-order valence-electron chi connectivity index (χ2n) is 8.59. The molecule has 5 aromatic carbocycles. The Morgan fingerprint density at radius 3 is 1.81 bits per heavy atom. The SMILES string of the molecule is CCCN1C(=O)c2ccc3c4ccc5c6c(ccc(c7ccc(c2c37)C1=O)c64)C(=O)OC5. The fourth-order valence-corrected chi connectivity index (χ4v) is 5.64. The molecule has 0 saturated carbocycles. The summed E-state index contributed by atoms with van der Waals surface area (Å²) >= 11 is 0. The Morgan fingerprint density at radius 2 is 1.22 bits per heavy atom. The molecule has 0 fully saturated rings. The van der Waals surface area contributed by atoms with E-state index < -0.39 is 0 Å². The van der Waals surface area contributed by atoms with Gasteiger partial charge in [-0.05, 0) is 62.5 Å². The number of carbonyl (C=O) groups excluding carboxylic acids is 3. The van der Waals surface area contributed by atoms with Crippen LogP contribution in [0, 0.1) is 0 Å². The van der Waals surface area contributed by atoms with Crippen molar-refractivity contribution in [3.05, 3.63) is 70.8 Å². The van der Waals surface area contributed by atoms with Crippen molar-refractivity contribution in [3.8, 4) is 0 Å². The van der Waals surface area contributed by atoms with E-state index in [4.69, 9.17) is 4.74 Å². The molecule has 0 aliphatic carbocycles. The van der Waals surface area contributed by atoms with Crippen LogP contribution in [0.1, 0.15) is 50.0 Å². The summed E-state index contributed by atoms with van der Waals surface area (Å²) in [6, 6.07) is 15.5. The molecule has 2 aliphatic rings. The van der Waals surface area contributed by atoms with Crippen molar-refractivity contribution in [3.63, 3.8) is 0 Å². The number of rotatable bonds is 2. The lowest BCUT2D eigenvalue weighted by Gasteiger charge is -2.28. The lowest BCUT2D eigenvalue weighted by Crippen LogP contribution is -2.40. The summed E-state index contributed by atoms with van der Waals surface area (Å²) in [6.45, 7) is 2.63. The third-order valence-corrected chi connectivity index (χ3v) is 6.97. The lowest BCUT2D eigenvalue weighted by atomic mass is 9.83. The Morgan fingerprint density at radius 1 is 0.688 bits per heavy atom. The molecule has 32 heavy (non-hydrogen) atoms. The third kappa shape index (κ3) is 1.92. The monoisotopic (exact) mass is 419 g/mol. The summed E-state index contributed by atoms with van der Waals surface area (Å²) < 4.78 is 5.34. The van der Waals surface area contributed by atoms with E-state index in [-0.39, 0.29) is 24.4 Å². The van der Waals surface area contributed by atoms with Crippen LogP contribution in [0.2, 0.25) is 0 Å². The number of esters is 1. The molecule has 5 aromatic rings. The van der Waals surface area contributed by atoms with Crippen LogP contribution in [0.4, 0.5) is 0 Å². The second-order valence-corrected chi connectivity index (χ2v) is 8.59. The largest absolute Gasteiger partial charge is 0.457 e. The van der Waals surface area contributed by atoms with Gasteiger partial charge in [-0.2, -0.15) is 0 Å². The summed E-state index contributed by atoms with van der Waals surface area (Å²) in [7, 11) is 0. The summed E-state index contributed by atoms with van der Waals surface area (Å²) in [5.41, 5.74) is 2.73. The first-order valence-corrected chi connectivity index (χ1v) is 10.8. The van der Waals surface area contributed by atoms with Gasteiger partial charge in [0.2, 0.25) is 0 Å². The van der Waals surface area contributed by atoms with Crippen LogP contribution < -0.4 is 0 Å². The predicted octanol–water partition coefficient (Wildman–Crippen LogP) is 5.41. The minimum atomic E-state index is -0.301. The molecule has 2 heterocycles. The van der Waals surface area contributed by atoms with Gasteiger partial charge in [-0.3, -0.25) is 14.5 Å². The zero-order chi connectivity index (χ0) is 21.7. The Kier molecular flexibility index (Phi) is 3.22. The van der Waals surface area contributed by atoms with Crippen molar-refractivity contribution >= 4 is 60.9 Å². The van der Waals surface area contributed by atoms with Crippen LogP contribution in [-0.4, -0.2) is 29.2 Å². The number of imide groups is 1. The average molecular weight is 419 g/mol. The first-order valence-electron chi connectivity index (χ1n) is 10.8. The minimum absolute atomic E-state index is 0.230. The molecule has 0 spiro atoms. The van der Waals surface area contributed by atoms with E-state index in [2.05, 4.69) is 6.07 Å². The number of fused-ring (bicyclic) bond motifs is 2. The van der Waals surface area contributed by atoms with E-state index in [9.17, 15) is 14.4 Å². The fraction of sp³-hybridized carbons (Fsp3) is 0.148. The highest BCUT2D eigenvalue weighted by molar-refractivity contribution is 6.39. The fourth-order valence-electron chi connectivity index (χ4n) is 5.64. The molecule has 0 N–H and O–H groups in total. The normalized spacial score (nSPS) is 15.5. The molecule has 2 aliphatic heterocycles. The van der Waals surface area contributed by atoms with E-state index in [0.29, 0.717) is 29.7 Å². The Bertz CT molecular complexity index is 1630. The van der Waals surface area contributed by atoms with Gasteiger partial charge in [-0.25, -0.2) is 4.79 Å². The highest BCUT2D eigenvalue weighted by Crippen LogP contribution is 2.45. The molecular weight excluding hydrogens is 402 g/mol. The van der Waals surface area contributed by atoms with Gasteiger partial charge >= 0.3 is 5.97 Å². The van der Waals surface area contributed by atoms with Crippen molar-refractivity contribution in [2.45, 2.75) is 20.0 Å². The van der Waals surface area contributed by atoms with Crippen LogP contribution in [0.15, 0.2) is 48.5 Å². The van der Waals surface area contributed by atoms with Gasteiger partial charge in [0, 0.05) is 28.4 Å². The molecule has 5 nitrogen and oxygen atoms in total. The molecule has 0 bridgehead atoms. The first-order chi connectivity index (χ1) is 15.6. The molecule has 0 saturated heterocycles. The smallest absolute Gasteiger partial charge is 0.339 e. The standard InChI is InChI=1S/C27H17NO4/c1-2-11-28-25(29)18-8-5-16-14-4-3-13-12-32-27(31)20-10-7-15(22(14)21(13)20)17-6-9-19(26(28)30)24(18)23(16)17/h3-10H,2,11-12H2,1H3. The molecule has 7 rings (SSSR count). The van der Waals surface area contributed by atoms with Crippen LogP contribution in [0.25, 0.3) is 43.1 Å². The third-order valence-electron chi connectivity index (χ3n) is 6.97. The average Bonchev–Trinajstić information content (AvgIpc) is 2.82. The molecule has 154 valence electrons. The molecular formula is C27H17NO4. The molecule has 0 aromatic heterocycles. The van der Waals surface area contributed by atoms with Gasteiger partial charge in [-0.15, -0.1) is 0 Å². The second kappa shape index (κ2) is 5.82. The van der Waals surface area contributed by atoms with Gasteiger partial charge in [0.05, 0.1) is 5.56 Å². The number of amides is 2. The molecule has 0 radical (unpaired) electrons. The van der Waals surface area contributed by atoms with E-state index in [1.54, 1.807) is 0 Å². The van der Waals surface area contributed by atoms with Gasteiger partial charge in [0.25, 0.3) is 11.8 Å². The van der Waals surface area contributed by atoms with Crippen molar-refractivity contribution in [2.24, 2.45) is 0 Å². The number of ether oxygens (including phenoxy) is 1. The Balaban J connectivity index is 1.70. The van der Waals surface area contributed by atoms with Gasteiger partial charge in [0.1, 0.15) is 6.61 Å². The zero-order valence-corrected chi connectivity index (χ0v) is 17.3. The number of nitrogens with zero attached hydrogens (tertiary/aromatic N) is 1. The number of hydrogen-bond acceptors (Lipinski definition) is 4. The van der Waals surface area contributed by atoms with E-state index >= 15 is 0 Å². The number of hydrogen-bond donors (Lipinski definition) is 0. The van der Waals surface area contributed by atoms with Crippen molar-refractivity contribution in [1.29, 1.82) is 0 Å². The highest BCUT2D eigenvalue weighted by Gasteiger charge is 2.34. The van der Waals surface area contributed by atoms with Crippen LogP contribution in [-0.2, 0) is 11.3 Å². The van der Waals surface area contributed by atoms with Crippen LogP contribution >= 0.6 is 0 Å². The first kappa shape index (κ1) is 17.7. The Hall–Kier alpha value is -3.99. The van der Waals surface area contributed by atoms with Gasteiger partial charge < -0.3 is 4.74 Å². The number of cyclic esters (lactones) is 1. The van der Waals surface area contributed by atoms with Crippen LogP contribution in [0.3, 0.4) is 0 Å². The predicted molar refractivity (Wildman–Crippen MR) is 122 cm³/mol. The number of carbonyl (C=O) groups is 3. The van der Waals surface area contributed by atoms with E-state index in [1.165, 1.54) is 4.90 Å². The highest BCUT2D eigenvalue weighted by atomic mass is 16.5. The maximum Gasteiger partial charge on any atom is 0.339 e. The quantitative estimate of drug-likeness (QED) is 0.166. The molecule has 0 unspecified atom stereocenters. The topological polar surface area (TPSA) is 63.7 Å². The van der Waals surface area contributed by atoms with Gasteiger partial charge in [-0.1, -0.05) is 37.3 Å². The van der Waals surface area contributed by atoms with Crippen LogP contribution in [0.5, 0.6) is 0 Å². The van der Waals surface area contributed by atoms with E-state index in [1.807, 2.05) is 49.4 Å². The van der Waals surface area contributed by atoms with Crippen molar-refractivity contribution in [2.75, 3.05) is 6.54 Å². The maximum atomic E-state index is 13.2. The summed E-state index contributed by atoms with van der Waals surface area (Å²) in [4.78, 5) is 40.2. The summed E-state index contributed by atoms with van der Waals surface area (Å²) in [5, 5.41) is 7.66. The summed E-state index contributed by atoms with van der Waals surface area (Å²) in [6.07, 6.45) is 0.717. The van der Waals surface area contributed by atoms with E-state index in [0.717, 1.165) is 48.7 Å². The minimum Gasteiger partial charge on any atom is -0.457 e. The number of benzene rings is 5. The molecule has 2 amide bonds. The lowest BCUT2D eigenvalue weighted by molar-refractivity contribution is 0.0462. The summed E-state index contributed by atoms with van der Waals surface area (Å²) in [5.74, 6) is -0.761. The van der Waals surface area contributed by atoms with Crippen molar-refractivity contribution in [1.82, 2.24) is 4.90 Å². The van der Waals surface area contributed by atoms with Gasteiger partial charge in [0.15, 0.2) is 0 Å². The zero-order valence-electron chi connectivity index (χ0n) is 17.3.